The Labute approximate surface area is 118 Å². The van der Waals surface area contributed by atoms with Crippen LogP contribution in [0.4, 0.5) is 5.69 Å². The fraction of sp³-hybridized carbons (Fsp3) is 0.571. The van der Waals surface area contributed by atoms with Gasteiger partial charge in [-0.25, -0.2) is 4.98 Å². The zero-order valence-corrected chi connectivity index (χ0v) is 12.3. The Balaban J connectivity index is 1.91. The highest BCUT2D eigenvalue weighted by atomic mass is 32.2. The van der Waals surface area contributed by atoms with Crippen molar-refractivity contribution in [2.75, 3.05) is 11.5 Å². The Kier molecular flexibility index (Phi) is 4.69. The first-order chi connectivity index (χ1) is 9.08. The molecule has 1 aromatic heterocycles. The molecule has 0 saturated carbocycles. The van der Waals surface area contributed by atoms with E-state index in [0.717, 1.165) is 17.9 Å². The predicted molar refractivity (Wildman–Crippen MR) is 79.0 cm³/mol. The minimum Gasteiger partial charge on any atom is -0.397 e. The minimum absolute atomic E-state index is 0.211. The number of anilines is 1. The van der Waals surface area contributed by atoms with Crippen LogP contribution in [0.1, 0.15) is 33.1 Å². The van der Waals surface area contributed by atoms with Gasteiger partial charge in [0.25, 0.3) is 0 Å². The number of amides is 1. The molecule has 2 unspecified atom stereocenters. The van der Waals surface area contributed by atoms with Gasteiger partial charge in [0.1, 0.15) is 0 Å². The second-order valence-corrected chi connectivity index (χ2v) is 6.14. The number of hydrogen-bond donors (Lipinski definition) is 1. The molecule has 2 N–H and O–H groups in total. The van der Waals surface area contributed by atoms with E-state index < -0.39 is 0 Å². The SMILES string of the molecule is CC1CCCC(C)N1C(=O)CSc1ccc(N)cn1. The molecule has 0 aromatic carbocycles. The van der Waals surface area contributed by atoms with Crippen LogP contribution in [0.25, 0.3) is 0 Å². The maximum Gasteiger partial charge on any atom is 0.233 e. The van der Waals surface area contributed by atoms with E-state index in [2.05, 4.69) is 18.8 Å². The highest BCUT2D eigenvalue weighted by molar-refractivity contribution is 7.99. The van der Waals surface area contributed by atoms with Crippen LogP contribution in [0.15, 0.2) is 23.4 Å². The first kappa shape index (κ1) is 14.2. The Morgan fingerprint density at radius 2 is 2.11 bits per heavy atom. The Hall–Kier alpha value is -1.23. The van der Waals surface area contributed by atoms with Crippen LogP contribution in [0.2, 0.25) is 0 Å². The van der Waals surface area contributed by atoms with Crippen molar-refractivity contribution in [3.05, 3.63) is 18.3 Å². The molecule has 0 aliphatic carbocycles. The number of nitrogens with zero attached hydrogens (tertiary/aromatic N) is 2. The fourth-order valence-corrected chi connectivity index (χ4v) is 3.31. The van der Waals surface area contributed by atoms with E-state index in [9.17, 15) is 4.79 Å². The summed E-state index contributed by atoms with van der Waals surface area (Å²) in [5.74, 6) is 0.661. The molecule has 1 fully saturated rings. The number of piperidine rings is 1. The van der Waals surface area contributed by atoms with Crippen molar-refractivity contribution in [2.45, 2.75) is 50.2 Å². The van der Waals surface area contributed by atoms with Crippen molar-refractivity contribution >= 4 is 23.4 Å². The fourth-order valence-electron chi connectivity index (χ4n) is 2.60. The van der Waals surface area contributed by atoms with Crippen molar-refractivity contribution in [1.82, 2.24) is 9.88 Å². The van der Waals surface area contributed by atoms with Gasteiger partial charge in [0.05, 0.1) is 22.7 Å². The van der Waals surface area contributed by atoms with Gasteiger partial charge in [-0.15, -0.1) is 0 Å². The zero-order valence-electron chi connectivity index (χ0n) is 11.5. The van der Waals surface area contributed by atoms with Crippen LogP contribution in [0.3, 0.4) is 0 Å². The van der Waals surface area contributed by atoms with E-state index in [4.69, 9.17) is 5.73 Å². The number of pyridine rings is 1. The lowest BCUT2D eigenvalue weighted by atomic mass is 9.98. The lowest BCUT2D eigenvalue weighted by molar-refractivity contribution is -0.134. The summed E-state index contributed by atoms with van der Waals surface area (Å²) in [4.78, 5) is 18.5. The number of rotatable bonds is 3. The molecule has 1 aromatic rings. The van der Waals surface area contributed by atoms with E-state index in [-0.39, 0.29) is 5.91 Å². The van der Waals surface area contributed by atoms with Gasteiger partial charge in [0.15, 0.2) is 0 Å². The summed E-state index contributed by atoms with van der Waals surface area (Å²) in [7, 11) is 0. The lowest BCUT2D eigenvalue weighted by Gasteiger charge is -2.39. The summed E-state index contributed by atoms with van der Waals surface area (Å²) in [6, 6.07) is 4.38. The number of likely N-dealkylation sites (tertiary alicyclic amines) is 1. The molecule has 1 aliphatic rings. The van der Waals surface area contributed by atoms with Crippen LogP contribution in [0.5, 0.6) is 0 Å². The van der Waals surface area contributed by atoms with Crippen LogP contribution in [0, 0.1) is 0 Å². The number of aromatic nitrogens is 1. The van der Waals surface area contributed by atoms with E-state index in [0.29, 0.717) is 23.5 Å². The molecule has 2 rings (SSSR count). The molecule has 2 heterocycles. The molecule has 0 radical (unpaired) electrons. The topological polar surface area (TPSA) is 59.2 Å². The van der Waals surface area contributed by atoms with E-state index in [1.54, 1.807) is 6.20 Å². The largest absolute Gasteiger partial charge is 0.397 e. The molecule has 2 atom stereocenters. The Morgan fingerprint density at radius 1 is 1.42 bits per heavy atom. The second kappa shape index (κ2) is 6.28. The molecule has 104 valence electrons. The van der Waals surface area contributed by atoms with Crippen LogP contribution in [-0.2, 0) is 4.79 Å². The molecule has 19 heavy (non-hydrogen) atoms. The highest BCUT2D eigenvalue weighted by Gasteiger charge is 2.28. The van der Waals surface area contributed by atoms with Crippen molar-refractivity contribution in [3.8, 4) is 0 Å². The maximum absolute atomic E-state index is 12.3. The van der Waals surface area contributed by atoms with Gasteiger partial charge in [-0.1, -0.05) is 11.8 Å². The molecule has 5 heteroatoms. The van der Waals surface area contributed by atoms with Crippen molar-refractivity contribution < 1.29 is 4.79 Å². The minimum atomic E-state index is 0.211. The molecular formula is C14H21N3OS. The van der Waals surface area contributed by atoms with Crippen LogP contribution in [-0.4, -0.2) is 33.6 Å². The van der Waals surface area contributed by atoms with Gasteiger partial charge in [-0.3, -0.25) is 4.79 Å². The summed E-state index contributed by atoms with van der Waals surface area (Å²) in [6.45, 7) is 4.28. The van der Waals surface area contributed by atoms with E-state index >= 15 is 0 Å². The third-order valence-corrected chi connectivity index (χ3v) is 4.51. The average Bonchev–Trinajstić information content (AvgIpc) is 2.38. The van der Waals surface area contributed by atoms with Crippen LogP contribution < -0.4 is 5.73 Å². The first-order valence-electron chi connectivity index (χ1n) is 6.73. The first-order valence-corrected chi connectivity index (χ1v) is 7.72. The number of carbonyl (C=O) groups is 1. The average molecular weight is 279 g/mol. The van der Waals surface area contributed by atoms with Gasteiger partial charge in [-0.05, 0) is 45.2 Å². The number of hydrogen-bond acceptors (Lipinski definition) is 4. The van der Waals surface area contributed by atoms with E-state index in [1.807, 2.05) is 17.0 Å². The Morgan fingerprint density at radius 3 is 2.68 bits per heavy atom. The summed E-state index contributed by atoms with van der Waals surface area (Å²) in [5.41, 5.74) is 6.24. The quantitative estimate of drug-likeness (QED) is 0.864. The molecule has 0 spiro atoms. The van der Waals surface area contributed by atoms with Gasteiger partial charge >= 0.3 is 0 Å². The molecule has 1 amide bonds. The van der Waals surface area contributed by atoms with Gasteiger partial charge in [-0.2, -0.15) is 0 Å². The maximum atomic E-state index is 12.3. The molecule has 4 nitrogen and oxygen atoms in total. The summed E-state index contributed by atoms with van der Waals surface area (Å²) < 4.78 is 0. The normalized spacial score (nSPS) is 23.4. The monoisotopic (exact) mass is 279 g/mol. The van der Waals surface area contributed by atoms with Gasteiger partial charge in [0.2, 0.25) is 5.91 Å². The summed E-state index contributed by atoms with van der Waals surface area (Å²) >= 11 is 1.48. The third-order valence-electron chi connectivity index (χ3n) is 3.58. The standard InChI is InChI=1S/C14H21N3OS/c1-10-4-3-5-11(2)17(10)14(18)9-19-13-7-6-12(15)8-16-13/h6-8,10-11H,3-5,9,15H2,1-2H3. The number of thioether (sulfide) groups is 1. The molecule has 1 saturated heterocycles. The van der Waals surface area contributed by atoms with Gasteiger partial charge in [0, 0.05) is 12.1 Å². The second-order valence-electron chi connectivity index (χ2n) is 5.15. The Bertz CT molecular complexity index is 425. The van der Waals surface area contributed by atoms with Crippen molar-refractivity contribution in [2.24, 2.45) is 0 Å². The molecule has 0 bridgehead atoms. The lowest BCUT2D eigenvalue weighted by Crippen LogP contribution is -2.48. The van der Waals surface area contributed by atoms with E-state index in [1.165, 1.54) is 18.2 Å². The summed E-state index contributed by atoms with van der Waals surface area (Å²) in [6.07, 6.45) is 5.07. The van der Waals surface area contributed by atoms with Crippen LogP contribution >= 0.6 is 11.8 Å². The number of nitrogens with two attached hydrogens (primary N) is 1. The third kappa shape index (κ3) is 3.62. The summed E-state index contributed by atoms with van der Waals surface area (Å²) in [5, 5.41) is 0.847. The number of carbonyl (C=O) groups excluding carboxylic acids is 1. The van der Waals surface area contributed by atoms with Crippen molar-refractivity contribution in [1.29, 1.82) is 0 Å². The van der Waals surface area contributed by atoms with Crippen molar-refractivity contribution in [3.63, 3.8) is 0 Å². The molecule has 1 aliphatic heterocycles. The van der Waals surface area contributed by atoms with Gasteiger partial charge < -0.3 is 10.6 Å². The smallest absolute Gasteiger partial charge is 0.233 e. The highest BCUT2D eigenvalue weighted by Crippen LogP contribution is 2.24. The number of nitrogen functional groups attached to an aromatic ring is 1. The predicted octanol–water partition coefficient (Wildman–Crippen LogP) is 2.55. The zero-order chi connectivity index (χ0) is 13.8. The molecular weight excluding hydrogens is 258 g/mol.